The predicted molar refractivity (Wildman–Crippen MR) is 112 cm³/mol. The zero-order chi connectivity index (χ0) is 21.7. The van der Waals surface area contributed by atoms with Crippen LogP contribution >= 0.6 is 0 Å². The van der Waals surface area contributed by atoms with Gasteiger partial charge in [-0.1, -0.05) is 17.7 Å². The zero-order valence-electron chi connectivity index (χ0n) is 17.1. The molecule has 0 aliphatic carbocycles. The number of ether oxygens (including phenoxy) is 1. The van der Waals surface area contributed by atoms with Gasteiger partial charge in [0.25, 0.3) is 0 Å². The lowest BCUT2D eigenvalue weighted by molar-refractivity contribution is 0.170. The van der Waals surface area contributed by atoms with E-state index in [0.29, 0.717) is 23.7 Å². The molecule has 1 aliphatic rings. The highest BCUT2D eigenvalue weighted by atomic mass is 32.2. The van der Waals surface area contributed by atoms with Crippen molar-refractivity contribution in [3.05, 3.63) is 59.4 Å². The number of halogens is 1. The summed E-state index contributed by atoms with van der Waals surface area (Å²) < 4.78 is 45.6. The Morgan fingerprint density at radius 2 is 1.73 bits per heavy atom. The summed E-state index contributed by atoms with van der Waals surface area (Å²) >= 11 is 0. The second-order valence-electron chi connectivity index (χ2n) is 7.19. The first-order valence-corrected chi connectivity index (χ1v) is 11.2. The molecule has 0 atom stereocenters. The lowest BCUT2D eigenvalue weighted by atomic mass is 10.2. The Morgan fingerprint density at radius 1 is 1.07 bits per heavy atom. The number of sulfonamides is 1. The average Bonchev–Trinajstić information content (AvgIpc) is 2.72. The summed E-state index contributed by atoms with van der Waals surface area (Å²) in [5, 5.41) is 2.75. The molecule has 9 heteroatoms. The molecule has 0 radical (unpaired) electrons. The SMILES string of the molecule is Cc1ccc(S(=O)(=O)N2CCN(C(=O)NCCOc3ccc(F)cc3)CC2)c(C)c1. The number of urea groups is 1. The van der Waals surface area contributed by atoms with E-state index in [9.17, 15) is 17.6 Å². The van der Waals surface area contributed by atoms with Gasteiger partial charge in [-0.15, -0.1) is 0 Å². The Hall–Kier alpha value is -2.65. The molecule has 0 aromatic heterocycles. The van der Waals surface area contributed by atoms with Crippen molar-refractivity contribution >= 4 is 16.1 Å². The normalized spacial score (nSPS) is 15.1. The summed E-state index contributed by atoms with van der Waals surface area (Å²) in [6.45, 7) is 5.37. The van der Waals surface area contributed by atoms with Crippen molar-refractivity contribution < 1.29 is 22.3 Å². The van der Waals surface area contributed by atoms with Crippen molar-refractivity contribution in [3.8, 4) is 5.75 Å². The van der Waals surface area contributed by atoms with E-state index >= 15 is 0 Å². The number of aryl methyl sites for hydroxylation is 2. The summed E-state index contributed by atoms with van der Waals surface area (Å²) in [4.78, 5) is 14.2. The van der Waals surface area contributed by atoms with Gasteiger partial charge in [0, 0.05) is 26.2 Å². The van der Waals surface area contributed by atoms with Crippen LogP contribution in [0.2, 0.25) is 0 Å². The number of hydrogen-bond acceptors (Lipinski definition) is 4. The number of hydrogen-bond donors (Lipinski definition) is 1. The summed E-state index contributed by atoms with van der Waals surface area (Å²) in [6.07, 6.45) is 0. The minimum Gasteiger partial charge on any atom is -0.492 e. The van der Waals surface area contributed by atoms with E-state index in [1.54, 1.807) is 24.0 Å². The van der Waals surface area contributed by atoms with Gasteiger partial charge in [0.05, 0.1) is 11.4 Å². The van der Waals surface area contributed by atoms with Crippen molar-refractivity contribution in [1.29, 1.82) is 0 Å². The molecule has 0 spiro atoms. The van der Waals surface area contributed by atoms with E-state index in [0.717, 1.165) is 11.1 Å². The first-order chi connectivity index (χ1) is 14.3. The molecule has 1 heterocycles. The van der Waals surface area contributed by atoms with E-state index < -0.39 is 10.0 Å². The van der Waals surface area contributed by atoms with Crippen molar-refractivity contribution in [1.82, 2.24) is 14.5 Å². The van der Waals surface area contributed by atoms with Gasteiger partial charge in [0.2, 0.25) is 10.0 Å². The van der Waals surface area contributed by atoms with Gasteiger partial charge in [-0.3, -0.25) is 0 Å². The Balaban J connectivity index is 1.46. The van der Waals surface area contributed by atoms with Crippen LogP contribution in [-0.2, 0) is 10.0 Å². The quantitative estimate of drug-likeness (QED) is 0.708. The molecule has 2 aromatic carbocycles. The smallest absolute Gasteiger partial charge is 0.317 e. The molecule has 1 fully saturated rings. The van der Waals surface area contributed by atoms with E-state index in [1.165, 1.54) is 28.6 Å². The van der Waals surface area contributed by atoms with Crippen molar-refractivity contribution in [3.63, 3.8) is 0 Å². The zero-order valence-corrected chi connectivity index (χ0v) is 17.9. The molecule has 2 aromatic rings. The second kappa shape index (κ2) is 9.44. The van der Waals surface area contributed by atoms with Gasteiger partial charge in [-0.25, -0.2) is 17.6 Å². The number of carbonyl (C=O) groups is 1. The number of amides is 2. The third kappa shape index (κ3) is 5.28. The summed E-state index contributed by atoms with van der Waals surface area (Å²) in [6, 6.07) is 10.7. The van der Waals surface area contributed by atoms with Crippen LogP contribution in [0, 0.1) is 19.7 Å². The maximum atomic E-state index is 12.9. The fraction of sp³-hybridized carbons (Fsp3) is 0.381. The predicted octanol–water partition coefficient (Wildman–Crippen LogP) is 2.54. The molecule has 1 aliphatic heterocycles. The highest BCUT2D eigenvalue weighted by molar-refractivity contribution is 7.89. The molecule has 1 saturated heterocycles. The third-order valence-corrected chi connectivity index (χ3v) is 6.99. The van der Waals surface area contributed by atoms with E-state index in [1.807, 2.05) is 13.0 Å². The summed E-state index contributed by atoms with van der Waals surface area (Å²) in [5.74, 6) is 0.185. The first kappa shape index (κ1) is 22.0. The highest BCUT2D eigenvalue weighted by Gasteiger charge is 2.30. The Kier molecular flexibility index (Phi) is 6.94. The van der Waals surface area contributed by atoms with Crippen LogP contribution in [0.5, 0.6) is 5.75 Å². The average molecular weight is 436 g/mol. The maximum absolute atomic E-state index is 12.9. The Labute approximate surface area is 176 Å². The van der Waals surface area contributed by atoms with Crippen LogP contribution in [0.25, 0.3) is 0 Å². The number of piperazine rings is 1. The lowest BCUT2D eigenvalue weighted by Gasteiger charge is -2.34. The molecular formula is C21H26FN3O4S. The molecule has 0 saturated carbocycles. The van der Waals surface area contributed by atoms with E-state index in [-0.39, 0.29) is 38.1 Å². The molecule has 3 rings (SSSR count). The van der Waals surface area contributed by atoms with Crippen LogP contribution in [0.3, 0.4) is 0 Å². The van der Waals surface area contributed by atoms with Crippen LogP contribution in [-0.4, -0.2) is 63.0 Å². The van der Waals surface area contributed by atoms with Gasteiger partial charge in [0.15, 0.2) is 0 Å². The van der Waals surface area contributed by atoms with Crippen LogP contribution in [0.1, 0.15) is 11.1 Å². The standard InChI is InChI=1S/C21H26FN3O4S/c1-16-3-8-20(17(2)15-16)30(27,28)25-12-10-24(11-13-25)21(26)23-9-14-29-19-6-4-18(22)5-7-19/h3-8,15H,9-14H2,1-2H3,(H,23,26). The fourth-order valence-corrected chi connectivity index (χ4v) is 4.96. The van der Waals surface area contributed by atoms with Crippen LogP contribution in [0.15, 0.2) is 47.4 Å². The van der Waals surface area contributed by atoms with E-state index in [4.69, 9.17) is 4.74 Å². The summed E-state index contributed by atoms with van der Waals surface area (Å²) in [7, 11) is -3.58. The van der Waals surface area contributed by atoms with E-state index in [2.05, 4.69) is 5.32 Å². The van der Waals surface area contributed by atoms with Crippen LogP contribution < -0.4 is 10.1 Å². The van der Waals surface area contributed by atoms with Gasteiger partial charge < -0.3 is 15.0 Å². The Bertz CT molecular complexity index is 988. The molecule has 1 N–H and O–H groups in total. The molecule has 162 valence electrons. The number of benzene rings is 2. The van der Waals surface area contributed by atoms with Crippen molar-refractivity contribution in [2.24, 2.45) is 0 Å². The summed E-state index contributed by atoms with van der Waals surface area (Å²) in [5.41, 5.74) is 1.73. The first-order valence-electron chi connectivity index (χ1n) is 9.76. The topological polar surface area (TPSA) is 79.0 Å². The largest absolute Gasteiger partial charge is 0.492 e. The second-order valence-corrected chi connectivity index (χ2v) is 9.10. The van der Waals surface area contributed by atoms with Gasteiger partial charge >= 0.3 is 6.03 Å². The van der Waals surface area contributed by atoms with Crippen molar-refractivity contribution in [2.75, 3.05) is 39.3 Å². The molecule has 0 unspecified atom stereocenters. The molecule has 7 nitrogen and oxygen atoms in total. The lowest BCUT2D eigenvalue weighted by Crippen LogP contribution is -2.53. The molecule has 2 amide bonds. The van der Waals surface area contributed by atoms with Gasteiger partial charge in [-0.05, 0) is 49.7 Å². The number of nitrogens with one attached hydrogen (secondary N) is 1. The number of carbonyl (C=O) groups excluding carboxylic acids is 1. The third-order valence-electron chi connectivity index (χ3n) is 4.93. The van der Waals surface area contributed by atoms with Gasteiger partial charge in [0.1, 0.15) is 18.2 Å². The molecule has 30 heavy (non-hydrogen) atoms. The van der Waals surface area contributed by atoms with Gasteiger partial charge in [-0.2, -0.15) is 4.31 Å². The molecular weight excluding hydrogens is 409 g/mol. The highest BCUT2D eigenvalue weighted by Crippen LogP contribution is 2.22. The number of nitrogens with zero attached hydrogens (tertiary/aromatic N) is 2. The maximum Gasteiger partial charge on any atom is 0.317 e. The monoisotopic (exact) mass is 435 g/mol. The Morgan fingerprint density at radius 3 is 2.37 bits per heavy atom. The fourth-order valence-electron chi connectivity index (χ4n) is 3.33. The number of rotatable bonds is 6. The van der Waals surface area contributed by atoms with Crippen molar-refractivity contribution in [2.45, 2.75) is 18.7 Å². The minimum atomic E-state index is -3.58. The molecule has 0 bridgehead atoms. The van der Waals surface area contributed by atoms with Crippen LogP contribution in [0.4, 0.5) is 9.18 Å². The minimum absolute atomic E-state index is 0.245.